The number of pyridine rings is 1. The maximum Gasteiger partial charge on any atom is 0.123 e. The van der Waals surface area contributed by atoms with Gasteiger partial charge in [0.05, 0.1) is 18.2 Å². The molecule has 1 aliphatic rings. The maximum absolute atomic E-state index is 5.77. The molecule has 100 valence electrons. The first kappa shape index (κ1) is 12.2. The molecule has 0 aliphatic heterocycles. The van der Waals surface area contributed by atoms with Crippen molar-refractivity contribution in [2.24, 2.45) is 5.92 Å². The Balaban J connectivity index is 1.93. The van der Waals surface area contributed by atoms with Crippen LogP contribution in [0.25, 0.3) is 11.3 Å². The molecule has 0 aromatic carbocycles. The third-order valence-corrected chi connectivity index (χ3v) is 4.26. The number of nitrogen functional groups attached to an aromatic ring is 1. The van der Waals surface area contributed by atoms with Crippen LogP contribution >= 0.6 is 0 Å². The van der Waals surface area contributed by atoms with Gasteiger partial charge in [-0.15, -0.1) is 0 Å². The Bertz CT molecular complexity index is 555. The van der Waals surface area contributed by atoms with Crippen molar-refractivity contribution in [3.05, 3.63) is 30.9 Å². The van der Waals surface area contributed by atoms with Crippen molar-refractivity contribution in [2.75, 3.05) is 5.73 Å². The third-order valence-electron chi connectivity index (χ3n) is 4.26. The lowest BCUT2D eigenvalue weighted by Crippen LogP contribution is -2.14. The summed E-state index contributed by atoms with van der Waals surface area (Å²) in [7, 11) is 0. The Labute approximate surface area is 113 Å². The molecule has 2 N–H and O–H groups in total. The van der Waals surface area contributed by atoms with E-state index in [4.69, 9.17) is 5.73 Å². The molecule has 0 bridgehead atoms. The SMILES string of the molecule is CC(C1CCCC1)n1cncc1-c1ccnc(N)c1. The molecule has 1 fully saturated rings. The van der Waals surface area contributed by atoms with Crippen molar-refractivity contribution in [2.45, 2.75) is 38.6 Å². The van der Waals surface area contributed by atoms with Gasteiger partial charge in [0.25, 0.3) is 0 Å². The average molecular weight is 256 g/mol. The highest BCUT2D eigenvalue weighted by molar-refractivity contribution is 5.61. The first-order valence-electron chi connectivity index (χ1n) is 6.99. The topological polar surface area (TPSA) is 56.7 Å². The molecule has 2 aromatic heterocycles. The van der Waals surface area contributed by atoms with E-state index in [1.54, 1.807) is 6.20 Å². The summed E-state index contributed by atoms with van der Waals surface area (Å²) in [6.45, 7) is 2.30. The van der Waals surface area contributed by atoms with Crippen molar-refractivity contribution in [3.8, 4) is 11.3 Å². The van der Waals surface area contributed by atoms with E-state index in [2.05, 4.69) is 21.5 Å². The number of hydrogen-bond donors (Lipinski definition) is 1. The van der Waals surface area contributed by atoms with Crippen LogP contribution in [0.1, 0.15) is 38.6 Å². The monoisotopic (exact) mass is 256 g/mol. The van der Waals surface area contributed by atoms with Crippen LogP contribution in [0, 0.1) is 5.92 Å². The van der Waals surface area contributed by atoms with Gasteiger partial charge in [0.15, 0.2) is 0 Å². The number of anilines is 1. The van der Waals surface area contributed by atoms with Gasteiger partial charge in [0.2, 0.25) is 0 Å². The van der Waals surface area contributed by atoms with Gasteiger partial charge in [-0.05, 0) is 37.8 Å². The quantitative estimate of drug-likeness (QED) is 0.916. The van der Waals surface area contributed by atoms with E-state index in [0.717, 1.165) is 17.2 Å². The molecular formula is C15H20N4. The van der Waals surface area contributed by atoms with Crippen molar-refractivity contribution in [3.63, 3.8) is 0 Å². The molecule has 19 heavy (non-hydrogen) atoms. The Hall–Kier alpha value is -1.84. The predicted molar refractivity (Wildman–Crippen MR) is 76.5 cm³/mol. The zero-order valence-corrected chi connectivity index (χ0v) is 11.3. The second-order valence-corrected chi connectivity index (χ2v) is 5.44. The molecular weight excluding hydrogens is 236 g/mol. The summed E-state index contributed by atoms with van der Waals surface area (Å²) in [5.74, 6) is 1.32. The number of nitrogens with two attached hydrogens (primary N) is 1. The predicted octanol–water partition coefficient (Wildman–Crippen LogP) is 3.28. The summed E-state index contributed by atoms with van der Waals surface area (Å²) >= 11 is 0. The smallest absolute Gasteiger partial charge is 0.123 e. The van der Waals surface area contributed by atoms with Crippen LogP contribution in [0.5, 0.6) is 0 Å². The maximum atomic E-state index is 5.77. The van der Waals surface area contributed by atoms with Crippen molar-refractivity contribution in [1.29, 1.82) is 0 Å². The van der Waals surface area contributed by atoms with E-state index in [1.165, 1.54) is 25.7 Å². The lowest BCUT2D eigenvalue weighted by atomic mass is 9.99. The highest BCUT2D eigenvalue weighted by Crippen LogP contribution is 2.36. The van der Waals surface area contributed by atoms with E-state index < -0.39 is 0 Å². The first-order chi connectivity index (χ1) is 9.25. The number of aromatic nitrogens is 3. The molecule has 1 unspecified atom stereocenters. The van der Waals surface area contributed by atoms with Gasteiger partial charge in [-0.3, -0.25) is 0 Å². The third kappa shape index (κ3) is 2.35. The van der Waals surface area contributed by atoms with Crippen molar-refractivity contribution >= 4 is 5.82 Å². The van der Waals surface area contributed by atoms with Gasteiger partial charge >= 0.3 is 0 Å². The zero-order chi connectivity index (χ0) is 13.2. The lowest BCUT2D eigenvalue weighted by molar-refractivity contribution is 0.363. The summed E-state index contributed by atoms with van der Waals surface area (Å²) in [4.78, 5) is 8.37. The van der Waals surface area contributed by atoms with Crippen molar-refractivity contribution < 1.29 is 0 Å². The lowest BCUT2D eigenvalue weighted by Gasteiger charge is -2.22. The number of nitrogens with zero attached hydrogens (tertiary/aromatic N) is 3. The minimum Gasteiger partial charge on any atom is -0.384 e. The molecule has 4 heteroatoms. The average Bonchev–Trinajstić information content (AvgIpc) is 3.09. The normalized spacial score (nSPS) is 17.7. The van der Waals surface area contributed by atoms with Gasteiger partial charge in [-0.1, -0.05) is 12.8 Å². The molecule has 0 saturated heterocycles. The largest absolute Gasteiger partial charge is 0.384 e. The summed E-state index contributed by atoms with van der Waals surface area (Å²) in [5.41, 5.74) is 8.00. The summed E-state index contributed by atoms with van der Waals surface area (Å²) in [6, 6.07) is 4.40. The highest BCUT2D eigenvalue weighted by atomic mass is 15.1. The van der Waals surface area contributed by atoms with Gasteiger partial charge in [-0.2, -0.15) is 0 Å². The number of rotatable bonds is 3. The van der Waals surface area contributed by atoms with Gasteiger partial charge in [0, 0.05) is 17.8 Å². The van der Waals surface area contributed by atoms with Gasteiger partial charge in [-0.25, -0.2) is 9.97 Å². The fourth-order valence-corrected chi connectivity index (χ4v) is 3.13. The van der Waals surface area contributed by atoms with Gasteiger partial charge in [0.1, 0.15) is 5.82 Å². The van der Waals surface area contributed by atoms with E-state index in [1.807, 2.05) is 24.7 Å². The standard InChI is InChI=1S/C15H20N4/c1-11(12-4-2-3-5-12)19-10-17-9-14(19)13-6-7-18-15(16)8-13/h6-12H,2-5H2,1H3,(H2,16,18). The van der Waals surface area contributed by atoms with Gasteiger partial charge < -0.3 is 10.3 Å². The fraction of sp³-hybridized carbons (Fsp3) is 0.467. The molecule has 1 aliphatic carbocycles. The van der Waals surface area contributed by atoms with Crippen LogP contribution in [-0.2, 0) is 0 Å². The molecule has 2 aromatic rings. The van der Waals surface area contributed by atoms with E-state index in [9.17, 15) is 0 Å². The number of imidazole rings is 1. The molecule has 1 saturated carbocycles. The van der Waals surface area contributed by atoms with Crippen LogP contribution in [0.2, 0.25) is 0 Å². The van der Waals surface area contributed by atoms with Crippen LogP contribution in [0.4, 0.5) is 5.82 Å². The Morgan fingerprint density at radius 3 is 2.89 bits per heavy atom. The zero-order valence-electron chi connectivity index (χ0n) is 11.3. The molecule has 0 radical (unpaired) electrons. The molecule has 0 amide bonds. The molecule has 4 nitrogen and oxygen atoms in total. The molecule has 1 atom stereocenters. The molecule has 0 spiro atoms. The minimum absolute atomic E-state index is 0.495. The molecule has 3 rings (SSSR count). The molecule has 2 heterocycles. The first-order valence-corrected chi connectivity index (χ1v) is 6.99. The summed E-state index contributed by atoms with van der Waals surface area (Å²) in [5, 5.41) is 0. The van der Waals surface area contributed by atoms with E-state index in [-0.39, 0.29) is 0 Å². The van der Waals surface area contributed by atoms with Crippen LogP contribution in [0.3, 0.4) is 0 Å². The second-order valence-electron chi connectivity index (χ2n) is 5.44. The highest BCUT2D eigenvalue weighted by Gasteiger charge is 2.24. The fourth-order valence-electron chi connectivity index (χ4n) is 3.13. The van der Waals surface area contributed by atoms with Crippen LogP contribution in [-0.4, -0.2) is 14.5 Å². The van der Waals surface area contributed by atoms with Crippen molar-refractivity contribution in [1.82, 2.24) is 14.5 Å². The summed E-state index contributed by atoms with van der Waals surface area (Å²) < 4.78 is 2.28. The Morgan fingerprint density at radius 2 is 2.16 bits per heavy atom. The van der Waals surface area contributed by atoms with Crippen LogP contribution in [0.15, 0.2) is 30.9 Å². The Kier molecular flexibility index (Phi) is 3.23. The van der Waals surface area contributed by atoms with Crippen LogP contribution < -0.4 is 5.73 Å². The minimum atomic E-state index is 0.495. The van der Waals surface area contributed by atoms with E-state index in [0.29, 0.717) is 11.9 Å². The van der Waals surface area contributed by atoms with E-state index >= 15 is 0 Å². The summed E-state index contributed by atoms with van der Waals surface area (Å²) in [6.07, 6.45) is 11.0. The number of hydrogen-bond acceptors (Lipinski definition) is 3. The Morgan fingerprint density at radius 1 is 1.37 bits per heavy atom. The second kappa shape index (κ2) is 5.03.